The van der Waals surface area contributed by atoms with Gasteiger partial charge in [0.2, 0.25) is 5.91 Å². The minimum atomic E-state index is -0.638. The summed E-state index contributed by atoms with van der Waals surface area (Å²) in [5, 5.41) is 6.02. The first-order valence-corrected chi connectivity index (χ1v) is 10.9. The predicted octanol–water partition coefficient (Wildman–Crippen LogP) is 3.94. The molecular formula is C25H20N4O3S. The summed E-state index contributed by atoms with van der Waals surface area (Å²) >= 11 is 1.30. The highest BCUT2D eigenvalue weighted by Crippen LogP contribution is 2.34. The zero-order valence-electron chi connectivity index (χ0n) is 17.4. The van der Waals surface area contributed by atoms with Crippen LogP contribution < -0.4 is 16.4 Å². The number of hydrogen-bond donors (Lipinski definition) is 3. The van der Waals surface area contributed by atoms with E-state index < -0.39 is 11.8 Å². The van der Waals surface area contributed by atoms with Gasteiger partial charge in [-0.3, -0.25) is 14.4 Å². The van der Waals surface area contributed by atoms with Crippen LogP contribution in [0.5, 0.6) is 0 Å². The maximum Gasteiger partial charge on any atom is 0.268 e. The van der Waals surface area contributed by atoms with Crippen molar-refractivity contribution >= 4 is 34.7 Å². The standard InChI is InChI=1S/C25H20N4O3S/c26-20(30)15-27-23(31)18-12-7-13-19(14-18)28-24(32)22-21(16-8-3-1-4-9-16)29-25(33-22)17-10-5-2-6-11-17/h1-14H,15H2,(H2,26,30)(H,27,31)(H,28,32). The summed E-state index contributed by atoms with van der Waals surface area (Å²) in [6, 6.07) is 25.6. The van der Waals surface area contributed by atoms with E-state index in [0.29, 0.717) is 21.8 Å². The summed E-state index contributed by atoms with van der Waals surface area (Å²) in [7, 11) is 0. The molecule has 0 spiro atoms. The fourth-order valence-corrected chi connectivity index (χ4v) is 4.15. The number of primary amides is 1. The molecule has 0 atom stereocenters. The summed E-state index contributed by atoms with van der Waals surface area (Å²) in [6.07, 6.45) is 0. The second kappa shape index (κ2) is 9.88. The molecule has 0 bridgehead atoms. The molecule has 4 N–H and O–H groups in total. The Labute approximate surface area is 194 Å². The van der Waals surface area contributed by atoms with Crippen molar-refractivity contribution in [3.63, 3.8) is 0 Å². The molecule has 8 heteroatoms. The fraction of sp³-hybridized carbons (Fsp3) is 0.0400. The number of anilines is 1. The van der Waals surface area contributed by atoms with E-state index in [2.05, 4.69) is 10.6 Å². The summed E-state index contributed by atoms with van der Waals surface area (Å²) in [4.78, 5) is 41.6. The van der Waals surface area contributed by atoms with Gasteiger partial charge in [-0.25, -0.2) is 4.98 Å². The molecule has 0 unspecified atom stereocenters. The fourth-order valence-electron chi connectivity index (χ4n) is 3.17. The number of carbonyl (C=O) groups excluding carboxylic acids is 3. The third-order valence-corrected chi connectivity index (χ3v) is 5.81. The van der Waals surface area contributed by atoms with E-state index in [1.54, 1.807) is 18.2 Å². The quantitative estimate of drug-likeness (QED) is 0.391. The smallest absolute Gasteiger partial charge is 0.268 e. The van der Waals surface area contributed by atoms with Crippen molar-refractivity contribution in [2.75, 3.05) is 11.9 Å². The molecule has 33 heavy (non-hydrogen) atoms. The molecule has 164 valence electrons. The molecule has 1 aromatic heterocycles. The van der Waals surface area contributed by atoms with Crippen molar-refractivity contribution in [3.8, 4) is 21.8 Å². The monoisotopic (exact) mass is 456 g/mol. The van der Waals surface area contributed by atoms with Gasteiger partial charge in [0.05, 0.1) is 12.2 Å². The third-order valence-electron chi connectivity index (χ3n) is 4.71. The first kappa shape index (κ1) is 21.9. The summed E-state index contributed by atoms with van der Waals surface area (Å²) in [5.74, 6) is -1.43. The van der Waals surface area contributed by atoms with Crippen LogP contribution in [0.1, 0.15) is 20.0 Å². The molecule has 0 saturated carbocycles. The largest absolute Gasteiger partial charge is 0.368 e. The van der Waals surface area contributed by atoms with Gasteiger partial charge in [-0.1, -0.05) is 66.7 Å². The Morgan fingerprint density at radius 3 is 2.15 bits per heavy atom. The SMILES string of the molecule is NC(=O)CNC(=O)c1cccc(NC(=O)c2sc(-c3ccccc3)nc2-c2ccccc2)c1. The average Bonchev–Trinajstić information content (AvgIpc) is 3.30. The van der Waals surface area contributed by atoms with E-state index in [0.717, 1.165) is 16.1 Å². The van der Waals surface area contributed by atoms with Crippen LogP contribution in [0, 0.1) is 0 Å². The van der Waals surface area contributed by atoms with Gasteiger partial charge in [-0.05, 0) is 18.2 Å². The lowest BCUT2D eigenvalue weighted by atomic mass is 10.1. The maximum absolute atomic E-state index is 13.2. The van der Waals surface area contributed by atoms with Gasteiger partial charge in [0.25, 0.3) is 11.8 Å². The molecular weight excluding hydrogens is 436 g/mol. The van der Waals surface area contributed by atoms with Gasteiger partial charge >= 0.3 is 0 Å². The summed E-state index contributed by atoms with van der Waals surface area (Å²) in [5.41, 5.74) is 8.16. The van der Waals surface area contributed by atoms with Crippen molar-refractivity contribution in [2.45, 2.75) is 0 Å². The van der Waals surface area contributed by atoms with Gasteiger partial charge in [-0.15, -0.1) is 11.3 Å². The second-order valence-electron chi connectivity index (χ2n) is 7.11. The number of hydrogen-bond acceptors (Lipinski definition) is 5. The van der Waals surface area contributed by atoms with Crippen LogP contribution in [-0.4, -0.2) is 29.3 Å². The molecule has 0 aliphatic heterocycles. The number of nitrogens with one attached hydrogen (secondary N) is 2. The van der Waals surface area contributed by atoms with Crippen LogP contribution in [0.25, 0.3) is 21.8 Å². The Balaban J connectivity index is 1.63. The van der Waals surface area contributed by atoms with E-state index >= 15 is 0 Å². The third kappa shape index (κ3) is 5.31. The number of amides is 3. The number of carbonyl (C=O) groups is 3. The summed E-state index contributed by atoms with van der Waals surface area (Å²) < 4.78 is 0. The Morgan fingerprint density at radius 1 is 0.818 bits per heavy atom. The Bertz CT molecular complexity index is 1300. The van der Waals surface area contributed by atoms with Crippen molar-refractivity contribution in [3.05, 3.63) is 95.4 Å². The number of aromatic nitrogens is 1. The zero-order valence-corrected chi connectivity index (χ0v) is 18.3. The molecule has 7 nitrogen and oxygen atoms in total. The number of benzene rings is 3. The van der Waals surface area contributed by atoms with Crippen molar-refractivity contribution < 1.29 is 14.4 Å². The van der Waals surface area contributed by atoms with E-state index in [1.807, 2.05) is 60.7 Å². The lowest BCUT2D eigenvalue weighted by Crippen LogP contribution is -2.33. The van der Waals surface area contributed by atoms with Crippen LogP contribution in [0.4, 0.5) is 5.69 Å². The molecule has 3 aromatic carbocycles. The minimum Gasteiger partial charge on any atom is -0.368 e. The van der Waals surface area contributed by atoms with Gasteiger partial charge in [-0.2, -0.15) is 0 Å². The van der Waals surface area contributed by atoms with Crippen LogP contribution in [-0.2, 0) is 4.79 Å². The van der Waals surface area contributed by atoms with E-state index in [4.69, 9.17) is 10.7 Å². The van der Waals surface area contributed by atoms with E-state index in [9.17, 15) is 14.4 Å². The number of rotatable bonds is 7. The minimum absolute atomic E-state index is 0.265. The average molecular weight is 457 g/mol. The molecule has 0 aliphatic carbocycles. The molecule has 0 fully saturated rings. The van der Waals surface area contributed by atoms with E-state index in [-0.39, 0.29) is 12.5 Å². The van der Waals surface area contributed by atoms with E-state index in [1.165, 1.54) is 17.4 Å². The van der Waals surface area contributed by atoms with Gasteiger partial charge < -0.3 is 16.4 Å². The predicted molar refractivity (Wildman–Crippen MR) is 129 cm³/mol. The first-order chi connectivity index (χ1) is 16.0. The maximum atomic E-state index is 13.2. The Hall–Kier alpha value is -4.30. The van der Waals surface area contributed by atoms with Crippen molar-refractivity contribution in [2.24, 2.45) is 5.73 Å². The van der Waals surface area contributed by atoms with Crippen molar-refractivity contribution in [1.29, 1.82) is 0 Å². The molecule has 4 rings (SSSR count). The number of nitrogens with zero attached hydrogens (tertiary/aromatic N) is 1. The van der Waals surface area contributed by atoms with Gasteiger partial charge in [0.15, 0.2) is 0 Å². The topological polar surface area (TPSA) is 114 Å². The normalized spacial score (nSPS) is 10.4. The van der Waals surface area contributed by atoms with Crippen LogP contribution in [0.3, 0.4) is 0 Å². The lowest BCUT2D eigenvalue weighted by molar-refractivity contribution is -0.117. The Kier molecular flexibility index (Phi) is 6.56. The molecule has 0 aliphatic rings. The lowest BCUT2D eigenvalue weighted by Gasteiger charge is -2.08. The summed E-state index contributed by atoms with van der Waals surface area (Å²) in [6.45, 7) is -0.265. The highest BCUT2D eigenvalue weighted by Gasteiger charge is 2.21. The zero-order chi connectivity index (χ0) is 23.2. The van der Waals surface area contributed by atoms with Crippen molar-refractivity contribution in [1.82, 2.24) is 10.3 Å². The second-order valence-corrected chi connectivity index (χ2v) is 8.11. The Morgan fingerprint density at radius 2 is 1.48 bits per heavy atom. The first-order valence-electron chi connectivity index (χ1n) is 10.1. The van der Waals surface area contributed by atoms with Crippen LogP contribution >= 0.6 is 11.3 Å². The number of thiazole rings is 1. The molecule has 1 heterocycles. The number of nitrogens with two attached hydrogens (primary N) is 1. The van der Waals surface area contributed by atoms with Crippen LogP contribution in [0.15, 0.2) is 84.9 Å². The highest BCUT2D eigenvalue weighted by molar-refractivity contribution is 7.17. The van der Waals surface area contributed by atoms with Gasteiger partial charge in [0, 0.05) is 22.4 Å². The molecule has 0 radical (unpaired) electrons. The molecule has 4 aromatic rings. The van der Waals surface area contributed by atoms with Crippen LogP contribution in [0.2, 0.25) is 0 Å². The highest BCUT2D eigenvalue weighted by atomic mass is 32.1. The molecule has 0 saturated heterocycles. The molecule has 3 amide bonds. The van der Waals surface area contributed by atoms with Gasteiger partial charge in [0.1, 0.15) is 9.88 Å².